The van der Waals surface area contributed by atoms with Gasteiger partial charge in [-0.15, -0.1) is 0 Å². The Morgan fingerprint density at radius 2 is 1.70 bits per heavy atom. The summed E-state index contributed by atoms with van der Waals surface area (Å²) in [6, 6.07) is 4.74. The summed E-state index contributed by atoms with van der Waals surface area (Å²) in [5.41, 5.74) is 2.27. The van der Waals surface area contributed by atoms with E-state index in [0.717, 1.165) is 24.0 Å². The van der Waals surface area contributed by atoms with Crippen LogP contribution < -0.4 is 10.6 Å². The van der Waals surface area contributed by atoms with Crippen molar-refractivity contribution in [3.05, 3.63) is 29.3 Å². The van der Waals surface area contributed by atoms with Crippen molar-refractivity contribution in [2.45, 2.75) is 99.1 Å². The Labute approximate surface area is 221 Å². The zero-order chi connectivity index (χ0) is 28.4. The van der Waals surface area contributed by atoms with Gasteiger partial charge in [0.05, 0.1) is 13.0 Å². The SMILES string of the molecule is CC.CC.CC(=O)Nc1cccc(C)c1CN(C=O)C1CCC(=O)NC1=O.COC(=O)C1CCCCC1. The van der Waals surface area contributed by atoms with Crippen molar-refractivity contribution in [1.82, 2.24) is 10.2 Å². The molecule has 208 valence electrons. The number of carbonyl (C=O) groups excluding carboxylic acids is 5. The third-order valence-electron chi connectivity index (χ3n) is 5.95. The lowest BCUT2D eigenvalue weighted by Crippen LogP contribution is -2.51. The minimum atomic E-state index is -0.685. The molecule has 1 saturated heterocycles. The van der Waals surface area contributed by atoms with E-state index in [1.54, 1.807) is 12.1 Å². The van der Waals surface area contributed by atoms with Gasteiger partial charge in [0.1, 0.15) is 6.04 Å². The third-order valence-corrected chi connectivity index (χ3v) is 5.95. The highest BCUT2D eigenvalue weighted by Crippen LogP contribution is 2.25. The second kappa shape index (κ2) is 19.0. The first-order chi connectivity index (χ1) is 17.8. The fourth-order valence-corrected chi connectivity index (χ4v) is 4.13. The standard InChI is InChI=1S/C16H19N3O4.C8H14O2.2C2H6/c1-10-4-3-5-13(17-11(2)21)12(10)8-19(9-20)14-6-7-15(22)18-16(14)23;1-10-8(9)7-5-3-2-4-6-7;2*1-2/h3-5,9,14H,6-8H2,1-2H3,(H,17,21)(H,18,22,23);7H,2-6H2,1H3;2*1-2H3. The summed E-state index contributed by atoms with van der Waals surface area (Å²) in [6.07, 6.45) is 6.84. The summed E-state index contributed by atoms with van der Waals surface area (Å²) < 4.78 is 4.65. The van der Waals surface area contributed by atoms with Crippen molar-refractivity contribution >= 4 is 35.8 Å². The fraction of sp³-hybridized carbons (Fsp3) is 0.607. The smallest absolute Gasteiger partial charge is 0.308 e. The molecule has 9 heteroatoms. The van der Waals surface area contributed by atoms with Gasteiger partial charge in [0.25, 0.3) is 0 Å². The highest BCUT2D eigenvalue weighted by molar-refractivity contribution is 6.00. The molecule has 0 bridgehead atoms. The maximum absolute atomic E-state index is 11.9. The average Bonchev–Trinajstić information content (AvgIpc) is 2.91. The number of rotatable bonds is 6. The number of methoxy groups -OCH3 is 1. The monoisotopic (exact) mass is 519 g/mol. The Morgan fingerprint density at radius 3 is 2.22 bits per heavy atom. The van der Waals surface area contributed by atoms with Gasteiger partial charge >= 0.3 is 5.97 Å². The number of esters is 1. The van der Waals surface area contributed by atoms with Gasteiger partial charge in [-0.1, -0.05) is 59.1 Å². The maximum Gasteiger partial charge on any atom is 0.308 e. The minimum Gasteiger partial charge on any atom is -0.469 e. The first-order valence-corrected chi connectivity index (χ1v) is 13.3. The Bertz CT molecular complexity index is 881. The fourth-order valence-electron chi connectivity index (χ4n) is 4.13. The summed E-state index contributed by atoms with van der Waals surface area (Å²) in [5, 5.41) is 4.97. The second-order valence-corrected chi connectivity index (χ2v) is 8.38. The quantitative estimate of drug-likeness (QED) is 0.324. The number of amides is 4. The van der Waals surface area contributed by atoms with Crippen LogP contribution in [0.3, 0.4) is 0 Å². The Morgan fingerprint density at radius 1 is 1.08 bits per heavy atom. The topological polar surface area (TPSA) is 122 Å². The van der Waals surface area contributed by atoms with Gasteiger partial charge in [0.2, 0.25) is 24.1 Å². The molecule has 1 atom stereocenters. The van der Waals surface area contributed by atoms with Crippen LogP contribution in [0.4, 0.5) is 5.69 Å². The third kappa shape index (κ3) is 11.6. The van der Waals surface area contributed by atoms with Crippen molar-refractivity contribution in [2.75, 3.05) is 12.4 Å². The summed E-state index contributed by atoms with van der Waals surface area (Å²) in [7, 11) is 1.47. The van der Waals surface area contributed by atoms with E-state index in [1.807, 2.05) is 40.7 Å². The molecule has 4 amide bonds. The maximum atomic E-state index is 11.9. The number of ether oxygens (including phenoxy) is 1. The molecule has 1 aliphatic carbocycles. The number of hydrogen-bond acceptors (Lipinski definition) is 6. The highest BCUT2D eigenvalue weighted by atomic mass is 16.5. The number of carbonyl (C=O) groups is 5. The van der Waals surface area contributed by atoms with E-state index in [9.17, 15) is 24.0 Å². The molecule has 3 rings (SSSR count). The Hall–Kier alpha value is -3.23. The van der Waals surface area contributed by atoms with Crippen LogP contribution in [0.1, 0.15) is 90.7 Å². The predicted molar refractivity (Wildman–Crippen MR) is 145 cm³/mol. The molecule has 1 unspecified atom stereocenters. The van der Waals surface area contributed by atoms with E-state index in [0.29, 0.717) is 18.5 Å². The number of nitrogens with zero attached hydrogens (tertiary/aromatic N) is 1. The molecule has 1 aromatic rings. The van der Waals surface area contributed by atoms with E-state index in [2.05, 4.69) is 15.4 Å². The van der Waals surface area contributed by atoms with Crippen LogP contribution in [0.2, 0.25) is 0 Å². The van der Waals surface area contributed by atoms with E-state index in [-0.39, 0.29) is 36.7 Å². The Balaban J connectivity index is 0.000000771. The van der Waals surface area contributed by atoms with Crippen LogP contribution in [-0.2, 0) is 35.3 Å². The van der Waals surface area contributed by atoms with Crippen LogP contribution in [0.5, 0.6) is 0 Å². The summed E-state index contributed by atoms with van der Waals surface area (Å²) >= 11 is 0. The van der Waals surface area contributed by atoms with E-state index in [1.165, 1.54) is 38.2 Å². The summed E-state index contributed by atoms with van der Waals surface area (Å²) in [5.74, 6) is -0.816. The number of aryl methyl sites for hydroxylation is 1. The number of benzene rings is 1. The first kappa shape index (κ1) is 33.8. The lowest BCUT2D eigenvalue weighted by atomic mass is 9.89. The van der Waals surface area contributed by atoms with Crippen molar-refractivity contribution in [1.29, 1.82) is 0 Å². The molecule has 2 aliphatic rings. The molecule has 37 heavy (non-hydrogen) atoms. The molecule has 0 aromatic heterocycles. The number of piperidine rings is 1. The molecule has 2 fully saturated rings. The highest BCUT2D eigenvalue weighted by Gasteiger charge is 2.31. The van der Waals surface area contributed by atoms with Crippen molar-refractivity contribution in [2.24, 2.45) is 5.92 Å². The van der Waals surface area contributed by atoms with Crippen molar-refractivity contribution in [3.8, 4) is 0 Å². The van der Waals surface area contributed by atoms with Crippen molar-refractivity contribution < 1.29 is 28.7 Å². The Kier molecular flexibility index (Phi) is 17.3. The molecule has 0 radical (unpaired) electrons. The molecular formula is C28H45N3O6. The molecule has 1 heterocycles. The van der Waals surface area contributed by atoms with Crippen LogP contribution in [0.25, 0.3) is 0 Å². The average molecular weight is 520 g/mol. The zero-order valence-electron chi connectivity index (χ0n) is 23.5. The van der Waals surface area contributed by atoms with Gasteiger partial charge < -0.3 is 15.0 Å². The van der Waals surface area contributed by atoms with Crippen LogP contribution >= 0.6 is 0 Å². The molecule has 9 nitrogen and oxygen atoms in total. The van der Waals surface area contributed by atoms with Crippen LogP contribution in [0.15, 0.2) is 18.2 Å². The van der Waals surface area contributed by atoms with Crippen molar-refractivity contribution in [3.63, 3.8) is 0 Å². The van der Waals surface area contributed by atoms with Gasteiger partial charge in [-0.2, -0.15) is 0 Å². The lowest BCUT2D eigenvalue weighted by Gasteiger charge is -2.30. The zero-order valence-corrected chi connectivity index (χ0v) is 23.5. The first-order valence-electron chi connectivity index (χ1n) is 13.3. The molecule has 1 aliphatic heterocycles. The number of hydrogen-bond donors (Lipinski definition) is 2. The normalized spacial score (nSPS) is 16.7. The van der Waals surface area contributed by atoms with Gasteiger partial charge in [0.15, 0.2) is 0 Å². The van der Waals surface area contributed by atoms with E-state index in [4.69, 9.17) is 0 Å². The summed E-state index contributed by atoms with van der Waals surface area (Å²) in [4.78, 5) is 58.3. The number of anilines is 1. The van der Waals surface area contributed by atoms with Gasteiger partial charge in [-0.3, -0.25) is 29.3 Å². The molecule has 0 spiro atoms. The molecule has 1 saturated carbocycles. The molecule has 2 N–H and O–H groups in total. The van der Waals surface area contributed by atoms with Gasteiger partial charge in [-0.05, 0) is 43.4 Å². The van der Waals surface area contributed by atoms with Gasteiger partial charge in [0, 0.05) is 25.6 Å². The predicted octanol–water partition coefficient (Wildman–Crippen LogP) is 4.51. The molecule has 1 aromatic carbocycles. The lowest BCUT2D eigenvalue weighted by molar-refractivity contribution is -0.146. The molecular weight excluding hydrogens is 474 g/mol. The van der Waals surface area contributed by atoms with Crippen LogP contribution in [0, 0.1) is 12.8 Å². The largest absolute Gasteiger partial charge is 0.469 e. The number of imide groups is 1. The van der Waals surface area contributed by atoms with E-state index >= 15 is 0 Å². The van der Waals surface area contributed by atoms with Gasteiger partial charge in [-0.25, -0.2) is 0 Å². The van der Waals surface area contributed by atoms with E-state index < -0.39 is 11.9 Å². The number of nitrogens with one attached hydrogen (secondary N) is 2. The second-order valence-electron chi connectivity index (χ2n) is 8.38. The summed E-state index contributed by atoms with van der Waals surface area (Å²) in [6.45, 7) is 11.5. The van der Waals surface area contributed by atoms with Crippen LogP contribution in [-0.4, -0.2) is 48.2 Å². The minimum absolute atomic E-state index is 0.0142.